The largest absolute Gasteiger partial charge is 0.437 e. The lowest BCUT2D eigenvalue weighted by molar-refractivity contribution is 0.643. The molecule has 0 spiro atoms. The van der Waals surface area contributed by atoms with E-state index < -0.39 is 0 Å². The van der Waals surface area contributed by atoms with Crippen molar-refractivity contribution in [2.24, 2.45) is 5.92 Å². The van der Waals surface area contributed by atoms with Crippen LogP contribution in [0.25, 0.3) is 55.7 Å². The second-order valence-electron chi connectivity index (χ2n) is 10.7. The van der Waals surface area contributed by atoms with Crippen LogP contribution in [0.5, 0.6) is 0 Å². The van der Waals surface area contributed by atoms with E-state index in [1.165, 1.54) is 33.4 Å². The Balaban J connectivity index is 1.48. The smallest absolute Gasteiger partial charge is 0.227 e. The van der Waals surface area contributed by atoms with Crippen molar-refractivity contribution in [1.82, 2.24) is 9.97 Å². The summed E-state index contributed by atoms with van der Waals surface area (Å²) in [5.41, 5.74) is 12.9. The van der Waals surface area contributed by atoms with Crippen LogP contribution in [-0.4, -0.2) is 9.97 Å². The molecule has 0 fully saturated rings. The van der Waals surface area contributed by atoms with E-state index in [9.17, 15) is 0 Å². The van der Waals surface area contributed by atoms with Gasteiger partial charge in [0.05, 0.1) is 11.4 Å². The van der Waals surface area contributed by atoms with E-state index in [1.807, 2.05) is 6.20 Å². The SMILES string of the molecule is Cc1cc(-c2cccc3c2oc2nc(-c4c(C)ccc(-c5ccccc5)c4C)ccc23)ncc1CC(C)C. The molecular weight excluding hydrogens is 464 g/mol. The van der Waals surface area contributed by atoms with E-state index >= 15 is 0 Å². The van der Waals surface area contributed by atoms with Crippen LogP contribution in [0.3, 0.4) is 0 Å². The Kier molecular flexibility index (Phi) is 6.07. The van der Waals surface area contributed by atoms with Gasteiger partial charge in [-0.15, -0.1) is 0 Å². The highest BCUT2D eigenvalue weighted by molar-refractivity contribution is 6.08. The van der Waals surface area contributed by atoms with Gasteiger partial charge in [-0.3, -0.25) is 4.98 Å². The van der Waals surface area contributed by atoms with Gasteiger partial charge in [-0.05, 0) is 90.8 Å². The molecule has 0 amide bonds. The van der Waals surface area contributed by atoms with Gasteiger partial charge >= 0.3 is 0 Å². The lowest BCUT2D eigenvalue weighted by atomic mass is 9.91. The number of nitrogens with zero attached hydrogens (tertiary/aromatic N) is 2. The molecule has 38 heavy (non-hydrogen) atoms. The van der Waals surface area contributed by atoms with Gasteiger partial charge in [0, 0.05) is 28.1 Å². The molecule has 3 aromatic carbocycles. The number of aromatic nitrogens is 2. The first-order valence-corrected chi connectivity index (χ1v) is 13.3. The quantitative estimate of drug-likeness (QED) is 0.238. The number of hydrogen-bond acceptors (Lipinski definition) is 3. The predicted molar refractivity (Wildman–Crippen MR) is 158 cm³/mol. The van der Waals surface area contributed by atoms with Crippen LogP contribution < -0.4 is 0 Å². The third-order valence-corrected chi connectivity index (χ3v) is 7.50. The van der Waals surface area contributed by atoms with E-state index in [-0.39, 0.29) is 0 Å². The fourth-order valence-electron chi connectivity index (χ4n) is 5.58. The van der Waals surface area contributed by atoms with Gasteiger partial charge in [0.1, 0.15) is 5.58 Å². The molecule has 0 bridgehead atoms. The van der Waals surface area contributed by atoms with E-state index in [4.69, 9.17) is 14.4 Å². The molecule has 0 aliphatic carbocycles. The summed E-state index contributed by atoms with van der Waals surface area (Å²) in [6.45, 7) is 11.0. The van der Waals surface area contributed by atoms with E-state index in [0.29, 0.717) is 11.6 Å². The van der Waals surface area contributed by atoms with Crippen molar-refractivity contribution in [2.45, 2.75) is 41.0 Å². The molecule has 0 saturated carbocycles. The predicted octanol–water partition coefficient (Wildman–Crippen LogP) is 9.50. The number of pyridine rings is 2. The number of furan rings is 1. The molecule has 0 aliphatic rings. The number of aryl methyl sites for hydroxylation is 2. The topological polar surface area (TPSA) is 38.9 Å². The van der Waals surface area contributed by atoms with E-state index in [0.717, 1.165) is 45.3 Å². The summed E-state index contributed by atoms with van der Waals surface area (Å²) in [6, 6.07) is 27.6. The molecule has 6 aromatic rings. The monoisotopic (exact) mass is 496 g/mol. The maximum absolute atomic E-state index is 6.48. The van der Waals surface area contributed by atoms with E-state index in [2.05, 4.69) is 113 Å². The molecule has 0 N–H and O–H groups in total. The fourth-order valence-corrected chi connectivity index (χ4v) is 5.58. The van der Waals surface area contributed by atoms with Gasteiger partial charge in [0.15, 0.2) is 0 Å². The van der Waals surface area contributed by atoms with Crippen LogP contribution in [0, 0.1) is 26.7 Å². The number of para-hydroxylation sites is 1. The maximum atomic E-state index is 6.48. The molecule has 3 heterocycles. The first-order valence-electron chi connectivity index (χ1n) is 13.3. The maximum Gasteiger partial charge on any atom is 0.227 e. The normalized spacial score (nSPS) is 11.6. The van der Waals surface area contributed by atoms with Crippen LogP contribution in [-0.2, 0) is 6.42 Å². The first kappa shape index (κ1) is 24.1. The highest BCUT2D eigenvalue weighted by atomic mass is 16.3. The first-order chi connectivity index (χ1) is 18.4. The fraction of sp³-hybridized carbons (Fsp3) is 0.200. The summed E-state index contributed by atoms with van der Waals surface area (Å²) >= 11 is 0. The minimum atomic E-state index is 0.598. The van der Waals surface area contributed by atoms with Gasteiger partial charge in [0.2, 0.25) is 5.71 Å². The highest BCUT2D eigenvalue weighted by Gasteiger charge is 2.18. The summed E-state index contributed by atoms with van der Waals surface area (Å²) in [5, 5.41) is 2.09. The molecule has 0 unspecified atom stereocenters. The van der Waals surface area contributed by atoms with Crippen LogP contribution in [0.4, 0.5) is 0 Å². The summed E-state index contributed by atoms with van der Waals surface area (Å²) in [5.74, 6) is 0.598. The van der Waals surface area contributed by atoms with Crippen LogP contribution in [0.2, 0.25) is 0 Å². The van der Waals surface area contributed by atoms with Crippen molar-refractivity contribution in [1.29, 1.82) is 0 Å². The molecular formula is C35H32N2O. The van der Waals surface area contributed by atoms with Gasteiger partial charge in [-0.1, -0.05) is 68.4 Å². The average molecular weight is 497 g/mol. The van der Waals surface area contributed by atoms with Crippen molar-refractivity contribution >= 4 is 22.1 Å². The number of benzene rings is 3. The molecule has 0 radical (unpaired) electrons. The Hall–Kier alpha value is -4.24. The van der Waals surface area contributed by atoms with Gasteiger partial charge in [0.25, 0.3) is 0 Å². The van der Waals surface area contributed by atoms with Gasteiger partial charge in [-0.2, -0.15) is 0 Å². The second kappa shape index (κ2) is 9.57. The zero-order valence-corrected chi connectivity index (χ0v) is 22.7. The third kappa shape index (κ3) is 4.18. The van der Waals surface area contributed by atoms with Crippen molar-refractivity contribution in [2.75, 3.05) is 0 Å². The Bertz CT molecular complexity index is 1790. The molecule has 188 valence electrons. The summed E-state index contributed by atoms with van der Waals surface area (Å²) < 4.78 is 6.48. The molecule has 6 rings (SSSR count). The third-order valence-electron chi connectivity index (χ3n) is 7.50. The van der Waals surface area contributed by atoms with E-state index in [1.54, 1.807) is 0 Å². The lowest BCUT2D eigenvalue weighted by Crippen LogP contribution is -1.98. The highest BCUT2D eigenvalue weighted by Crippen LogP contribution is 2.38. The van der Waals surface area contributed by atoms with Crippen molar-refractivity contribution in [3.8, 4) is 33.6 Å². The Labute approximate surface area is 224 Å². The minimum Gasteiger partial charge on any atom is -0.437 e. The summed E-state index contributed by atoms with van der Waals surface area (Å²) in [6.07, 6.45) is 3.05. The van der Waals surface area contributed by atoms with Crippen molar-refractivity contribution in [3.05, 3.63) is 107 Å². The van der Waals surface area contributed by atoms with Gasteiger partial charge in [-0.25, -0.2) is 4.98 Å². The summed E-state index contributed by atoms with van der Waals surface area (Å²) in [7, 11) is 0. The molecule has 3 aromatic heterocycles. The van der Waals surface area contributed by atoms with Gasteiger partial charge < -0.3 is 4.42 Å². The molecule has 3 heteroatoms. The van der Waals surface area contributed by atoms with Crippen molar-refractivity contribution < 1.29 is 4.42 Å². The lowest BCUT2D eigenvalue weighted by Gasteiger charge is -2.14. The zero-order valence-electron chi connectivity index (χ0n) is 22.7. The minimum absolute atomic E-state index is 0.598. The Morgan fingerprint density at radius 3 is 2.32 bits per heavy atom. The molecule has 0 atom stereocenters. The van der Waals surface area contributed by atoms with Crippen LogP contribution in [0.1, 0.15) is 36.1 Å². The molecule has 3 nitrogen and oxygen atoms in total. The van der Waals surface area contributed by atoms with Crippen molar-refractivity contribution in [3.63, 3.8) is 0 Å². The molecule has 0 aliphatic heterocycles. The Morgan fingerprint density at radius 1 is 0.737 bits per heavy atom. The number of rotatable bonds is 5. The summed E-state index contributed by atoms with van der Waals surface area (Å²) in [4.78, 5) is 9.88. The Morgan fingerprint density at radius 2 is 1.55 bits per heavy atom. The average Bonchev–Trinajstić information content (AvgIpc) is 3.28. The second-order valence-corrected chi connectivity index (χ2v) is 10.7. The standard InChI is InChI=1S/C35H32N2O/c1-21(2)18-26-20-36-32(19-23(26)4)30-13-9-12-28-29-16-17-31(37-35(29)38-34(28)30)33-22(3)14-15-27(24(33)5)25-10-7-6-8-11-25/h6-17,19-21H,18H2,1-5H3. The van der Waals surface area contributed by atoms with Crippen LogP contribution >= 0.6 is 0 Å². The zero-order chi connectivity index (χ0) is 26.4. The number of fused-ring (bicyclic) bond motifs is 3. The molecule has 0 saturated heterocycles. The number of hydrogen-bond donors (Lipinski definition) is 0. The van der Waals surface area contributed by atoms with Crippen LogP contribution in [0.15, 0.2) is 89.5 Å².